The Kier molecular flexibility index (Phi) is 2.58. The van der Waals surface area contributed by atoms with E-state index in [1.54, 1.807) is 0 Å². The summed E-state index contributed by atoms with van der Waals surface area (Å²) in [5.74, 6) is 0. The summed E-state index contributed by atoms with van der Waals surface area (Å²) < 4.78 is 0. The van der Waals surface area contributed by atoms with Crippen molar-refractivity contribution in [1.82, 2.24) is 15.4 Å². The van der Waals surface area contributed by atoms with Crippen molar-refractivity contribution in [2.45, 2.75) is 13.3 Å². The summed E-state index contributed by atoms with van der Waals surface area (Å²) in [7, 11) is 0. The molecule has 2 N–H and O–H groups in total. The molecule has 10 heavy (non-hydrogen) atoms. The van der Waals surface area contributed by atoms with Gasteiger partial charge < -0.3 is 0 Å². The van der Waals surface area contributed by atoms with Crippen LogP contribution >= 0.6 is 11.9 Å². The molecule has 0 saturated carbocycles. The van der Waals surface area contributed by atoms with E-state index in [1.807, 2.05) is 6.20 Å². The maximum absolute atomic E-state index is 9.92. The Balaban J connectivity index is 2.38. The van der Waals surface area contributed by atoms with E-state index in [2.05, 4.69) is 17.2 Å². The van der Waals surface area contributed by atoms with Gasteiger partial charge in [-0.3, -0.25) is 10.2 Å². The minimum atomic E-state index is 0.628. The Morgan fingerprint density at radius 1 is 2.00 bits per heavy atom. The van der Waals surface area contributed by atoms with E-state index >= 15 is 0 Å². The van der Waals surface area contributed by atoms with Gasteiger partial charge in [0.2, 0.25) is 6.41 Å². The molecule has 0 aliphatic carbocycles. The van der Waals surface area contributed by atoms with Crippen LogP contribution in [0.4, 0.5) is 0 Å². The Bertz CT molecular complexity index is 159. The molecule has 1 heterocycles. The number of nitrogens with one attached hydrogen (secondary N) is 2. The minimum Gasteiger partial charge on any atom is -0.277 e. The third-order valence-corrected chi connectivity index (χ3v) is 2.03. The van der Waals surface area contributed by atoms with Gasteiger partial charge in [0.1, 0.15) is 0 Å². The van der Waals surface area contributed by atoms with Gasteiger partial charge in [-0.2, -0.15) is 4.83 Å². The highest BCUT2D eigenvalue weighted by atomic mass is 32.2. The highest BCUT2D eigenvalue weighted by molar-refractivity contribution is 8.01. The lowest BCUT2D eigenvalue weighted by molar-refractivity contribution is -0.113. The number of hydrazine groups is 2. The van der Waals surface area contributed by atoms with Gasteiger partial charge in [-0.25, -0.2) is 5.12 Å². The summed E-state index contributed by atoms with van der Waals surface area (Å²) in [5, 5.41) is 1.52. The highest BCUT2D eigenvalue weighted by Crippen LogP contribution is 2.20. The van der Waals surface area contributed by atoms with Crippen LogP contribution in [0.5, 0.6) is 0 Å². The molecule has 0 fully saturated rings. The molecule has 1 rings (SSSR count). The topological polar surface area (TPSA) is 44.4 Å². The quantitative estimate of drug-likeness (QED) is 0.461. The normalized spacial score (nSPS) is 16.9. The largest absolute Gasteiger partial charge is 0.277 e. The lowest BCUT2D eigenvalue weighted by atomic mass is 10.5. The molecule has 0 aromatic carbocycles. The fourth-order valence-electron chi connectivity index (χ4n) is 0.588. The number of allylic oxidation sites excluding steroid dienone is 1. The minimum absolute atomic E-state index is 0.628. The van der Waals surface area contributed by atoms with Gasteiger partial charge in [0.15, 0.2) is 0 Å². The van der Waals surface area contributed by atoms with Crippen molar-refractivity contribution >= 4 is 18.4 Å². The number of amides is 1. The molecule has 0 bridgehead atoms. The molecule has 0 saturated heterocycles. The average molecular weight is 159 g/mol. The molecular weight excluding hydrogens is 150 g/mol. The van der Waals surface area contributed by atoms with Crippen molar-refractivity contribution in [3.63, 3.8) is 0 Å². The molecule has 1 amide bonds. The van der Waals surface area contributed by atoms with Gasteiger partial charge in [-0.15, -0.1) is 0 Å². The third kappa shape index (κ3) is 1.65. The number of hydrogen-bond acceptors (Lipinski definition) is 4. The highest BCUT2D eigenvalue weighted by Gasteiger charge is 2.08. The number of carbonyl (C=O) groups excluding carboxylic acids is 1. The van der Waals surface area contributed by atoms with Gasteiger partial charge in [-0.1, -0.05) is 6.92 Å². The van der Waals surface area contributed by atoms with Crippen LogP contribution < -0.4 is 10.3 Å². The Morgan fingerprint density at radius 3 is 3.30 bits per heavy atom. The average Bonchev–Trinajstić information content (AvgIpc) is 2.37. The van der Waals surface area contributed by atoms with Crippen LogP contribution in [0, 0.1) is 0 Å². The van der Waals surface area contributed by atoms with E-state index < -0.39 is 0 Å². The number of nitrogens with zero attached hydrogens (tertiary/aromatic N) is 1. The summed E-state index contributed by atoms with van der Waals surface area (Å²) in [6, 6.07) is 0. The summed E-state index contributed by atoms with van der Waals surface area (Å²) in [5.41, 5.74) is 2.45. The fourth-order valence-corrected chi connectivity index (χ4v) is 1.21. The van der Waals surface area contributed by atoms with Gasteiger partial charge in [-0.05, 0) is 18.4 Å². The smallest absolute Gasteiger partial charge is 0.226 e. The SMILES string of the molecule is CCC1=CN(NC=O)NS1. The van der Waals surface area contributed by atoms with E-state index in [1.165, 1.54) is 22.0 Å². The van der Waals surface area contributed by atoms with Crippen molar-refractivity contribution in [1.29, 1.82) is 0 Å². The number of carbonyl (C=O) groups is 1. The van der Waals surface area contributed by atoms with Gasteiger partial charge in [0.05, 0.1) is 6.20 Å². The van der Waals surface area contributed by atoms with Crippen LogP contribution in [-0.4, -0.2) is 11.5 Å². The molecule has 1 aliphatic heterocycles. The van der Waals surface area contributed by atoms with E-state index in [9.17, 15) is 4.79 Å². The predicted molar refractivity (Wildman–Crippen MR) is 40.1 cm³/mol. The van der Waals surface area contributed by atoms with E-state index in [0.29, 0.717) is 6.41 Å². The van der Waals surface area contributed by atoms with E-state index in [0.717, 1.165) is 6.42 Å². The first-order valence-corrected chi connectivity index (χ1v) is 3.80. The number of hydrogen-bond donors (Lipinski definition) is 2. The van der Waals surface area contributed by atoms with Gasteiger partial charge in [0, 0.05) is 4.91 Å². The van der Waals surface area contributed by atoms with Crippen LogP contribution in [0.15, 0.2) is 11.1 Å². The zero-order chi connectivity index (χ0) is 7.40. The zero-order valence-electron chi connectivity index (χ0n) is 5.63. The molecule has 0 unspecified atom stereocenters. The Labute approximate surface area is 63.7 Å². The monoisotopic (exact) mass is 159 g/mol. The van der Waals surface area contributed by atoms with Crippen molar-refractivity contribution in [3.8, 4) is 0 Å². The standard InChI is InChI=1S/C5H9N3OS/c1-2-5-3-8(6-4-9)7-10-5/h3-4,7H,2H2,1H3,(H,6,9). The van der Waals surface area contributed by atoms with Crippen molar-refractivity contribution in [2.75, 3.05) is 0 Å². The molecule has 1 aliphatic rings. The van der Waals surface area contributed by atoms with Crippen LogP contribution in [0.2, 0.25) is 0 Å². The van der Waals surface area contributed by atoms with Crippen LogP contribution in [0.3, 0.4) is 0 Å². The lowest BCUT2D eigenvalue weighted by Crippen LogP contribution is -2.36. The molecular formula is C5H9N3OS. The van der Waals surface area contributed by atoms with E-state index in [4.69, 9.17) is 0 Å². The van der Waals surface area contributed by atoms with Crippen molar-refractivity contribution in [3.05, 3.63) is 11.1 Å². The summed E-state index contributed by atoms with van der Waals surface area (Å²) in [4.78, 5) is 14.0. The molecule has 0 radical (unpaired) electrons. The maximum Gasteiger partial charge on any atom is 0.226 e. The summed E-state index contributed by atoms with van der Waals surface area (Å²) in [6.07, 6.45) is 3.45. The Morgan fingerprint density at radius 2 is 2.80 bits per heavy atom. The first-order valence-electron chi connectivity index (χ1n) is 2.99. The first-order chi connectivity index (χ1) is 4.86. The summed E-state index contributed by atoms with van der Waals surface area (Å²) in [6.45, 7) is 2.06. The first kappa shape index (κ1) is 7.43. The molecule has 4 nitrogen and oxygen atoms in total. The Hall–Kier alpha value is -0.680. The predicted octanol–water partition coefficient (Wildman–Crippen LogP) is 0.367. The van der Waals surface area contributed by atoms with E-state index in [-0.39, 0.29) is 0 Å². The molecule has 0 aromatic rings. The van der Waals surface area contributed by atoms with Crippen LogP contribution in [0.25, 0.3) is 0 Å². The number of rotatable bonds is 3. The lowest BCUT2D eigenvalue weighted by Gasteiger charge is -2.10. The zero-order valence-corrected chi connectivity index (χ0v) is 6.44. The van der Waals surface area contributed by atoms with Crippen molar-refractivity contribution < 1.29 is 4.79 Å². The molecule has 56 valence electrons. The molecule has 0 atom stereocenters. The van der Waals surface area contributed by atoms with Crippen LogP contribution in [-0.2, 0) is 4.79 Å². The van der Waals surface area contributed by atoms with Crippen LogP contribution in [0.1, 0.15) is 13.3 Å². The second-order valence-electron chi connectivity index (χ2n) is 1.76. The van der Waals surface area contributed by atoms with Gasteiger partial charge >= 0.3 is 0 Å². The second kappa shape index (κ2) is 3.48. The summed E-state index contributed by atoms with van der Waals surface area (Å²) >= 11 is 1.51. The van der Waals surface area contributed by atoms with Crippen molar-refractivity contribution in [2.24, 2.45) is 0 Å². The molecule has 0 spiro atoms. The fraction of sp³-hybridized carbons (Fsp3) is 0.400. The molecule has 5 heteroatoms. The third-order valence-electron chi connectivity index (χ3n) is 1.09. The second-order valence-corrected chi connectivity index (χ2v) is 2.67. The van der Waals surface area contributed by atoms with Gasteiger partial charge in [0.25, 0.3) is 0 Å². The maximum atomic E-state index is 9.92. The molecule has 0 aromatic heterocycles.